The van der Waals surface area contributed by atoms with Crippen molar-refractivity contribution in [3.63, 3.8) is 0 Å². The van der Waals surface area contributed by atoms with Crippen LogP contribution < -0.4 is 29.4 Å². The Balaban J connectivity index is 1.38. The molecule has 0 aromatic heterocycles. The van der Waals surface area contributed by atoms with Gasteiger partial charge in [-0.3, -0.25) is 0 Å². The predicted molar refractivity (Wildman–Crippen MR) is 162 cm³/mol. The highest BCUT2D eigenvalue weighted by molar-refractivity contribution is 5.88. The van der Waals surface area contributed by atoms with Gasteiger partial charge in [0.25, 0.3) is 0 Å². The Morgan fingerprint density at radius 1 is 0.977 bits per heavy atom. The lowest BCUT2D eigenvalue weighted by Gasteiger charge is -2.27. The molecule has 1 aliphatic heterocycles. The van der Waals surface area contributed by atoms with E-state index in [1.165, 1.54) is 18.2 Å². The maximum absolute atomic E-state index is 13.3. The van der Waals surface area contributed by atoms with Crippen LogP contribution in [0.3, 0.4) is 0 Å². The number of halogens is 1. The van der Waals surface area contributed by atoms with Gasteiger partial charge in [0.15, 0.2) is 11.5 Å². The fraction of sp³-hybridized carbons (Fsp3) is 0.143. The summed E-state index contributed by atoms with van der Waals surface area (Å²) in [6.07, 6.45) is 2.96. The highest BCUT2D eigenvalue weighted by atomic mass is 19.1. The third-order valence-corrected chi connectivity index (χ3v) is 6.85. The average molecular weight is 593 g/mol. The van der Waals surface area contributed by atoms with E-state index in [1.54, 1.807) is 67.8 Å². The fourth-order valence-corrected chi connectivity index (χ4v) is 4.71. The number of fused-ring (bicyclic) bond motifs is 1. The van der Waals surface area contributed by atoms with Gasteiger partial charge in [0.2, 0.25) is 5.88 Å². The number of rotatable bonds is 10. The van der Waals surface area contributed by atoms with Gasteiger partial charge in [0.05, 0.1) is 19.6 Å². The van der Waals surface area contributed by atoms with Gasteiger partial charge in [-0.1, -0.05) is 36.4 Å². The Bertz CT molecular complexity index is 1760. The third kappa shape index (κ3) is 6.82. The molecule has 0 saturated carbocycles. The zero-order valence-corrected chi connectivity index (χ0v) is 24.1. The highest BCUT2D eigenvalue weighted by Gasteiger charge is 2.32. The van der Waals surface area contributed by atoms with Crippen LogP contribution in [0.15, 0.2) is 102 Å². The number of hydrogen-bond donors (Lipinski definition) is 1. The van der Waals surface area contributed by atoms with Crippen LogP contribution in [-0.4, -0.2) is 19.7 Å². The van der Waals surface area contributed by atoms with Crippen molar-refractivity contribution in [2.24, 2.45) is 5.73 Å². The van der Waals surface area contributed by atoms with Gasteiger partial charge in [0.1, 0.15) is 41.3 Å². The van der Waals surface area contributed by atoms with Crippen LogP contribution in [-0.2, 0) is 11.4 Å². The molecule has 5 rings (SSSR count). The van der Waals surface area contributed by atoms with Crippen LogP contribution in [0.2, 0.25) is 0 Å². The number of allylic oxidation sites excluding steroid dienone is 1. The Morgan fingerprint density at radius 2 is 1.73 bits per heavy atom. The first-order valence-electron chi connectivity index (χ1n) is 13.8. The topological polar surface area (TPSA) is 113 Å². The van der Waals surface area contributed by atoms with Crippen molar-refractivity contribution in [2.75, 3.05) is 13.7 Å². The number of nitrogens with zero attached hydrogens (tertiary/aromatic N) is 1. The Hall–Kier alpha value is -5.75. The van der Waals surface area contributed by atoms with Crippen molar-refractivity contribution in [3.8, 4) is 34.8 Å². The second kappa shape index (κ2) is 13.5. The van der Waals surface area contributed by atoms with Gasteiger partial charge in [0, 0.05) is 17.7 Å². The van der Waals surface area contributed by atoms with Gasteiger partial charge < -0.3 is 29.4 Å². The largest absolute Gasteiger partial charge is 0.497 e. The van der Waals surface area contributed by atoms with E-state index in [9.17, 15) is 14.4 Å². The first-order chi connectivity index (χ1) is 21.4. The van der Waals surface area contributed by atoms with Gasteiger partial charge >= 0.3 is 5.97 Å². The summed E-state index contributed by atoms with van der Waals surface area (Å²) < 4.78 is 41.6. The van der Waals surface area contributed by atoms with Crippen LogP contribution in [0.5, 0.6) is 28.7 Å². The molecule has 0 radical (unpaired) electrons. The lowest BCUT2D eigenvalue weighted by atomic mass is 9.83. The molecule has 0 amide bonds. The summed E-state index contributed by atoms with van der Waals surface area (Å²) in [5.74, 6) is 0.758. The molecule has 4 aromatic carbocycles. The van der Waals surface area contributed by atoms with Crippen LogP contribution >= 0.6 is 0 Å². The molecule has 0 spiro atoms. The molecule has 1 heterocycles. The van der Waals surface area contributed by atoms with Gasteiger partial charge in [-0.25, -0.2) is 9.18 Å². The quantitative estimate of drug-likeness (QED) is 0.124. The number of esters is 1. The van der Waals surface area contributed by atoms with Gasteiger partial charge in [-0.15, -0.1) is 0 Å². The number of hydrogen-bond acceptors (Lipinski definition) is 8. The highest BCUT2D eigenvalue weighted by Crippen LogP contribution is 2.45. The van der Waals surface area contributed by atoms with Gasteiger partial charge in [-0.2, -0.15) is 5.26 Å². The number of ether oxygens (including phenoxy) is 5. The smallest absolute Gasteiger partial charge is 0.336 e. The van der Waals surface area contributed by atoms with Crippen molar-refractivity contribution in [1.82, 2.24) is 0 Å². The molecule has 1 atom stereocenters. The molecule has 4 aromatic rings. The zero-order chi connectivity index (χ0) is 31.1. The van der Waals surface area contributed by atoms with Crippen molar-refractivity contribution in [3.05, 3.63) is 131 Å². The standard InChI is InChI=1S/C35H29FN2O6/c1-3-41-32-18-24(9-16-30(32)42-21-23-4-10-25(36)11-5-23)34-28-15-14-27(19-31(28)44-35(38)29(34)20-37)43-33(39)17-8-22-6-12-26(40-2)13-7-22/h4-19,34H,3,21,38H2,1-2H3/b17-8+. The van der Waals surface area contributed by atoms with Gasteiger partial charge in [-0.05, 0) is 72.2 Å². The van der Waals surface area contributed by atoms with E-state index in [4.69, 9.17) is 29.4 Å². The molecule has 2 N–H and O–H groups in total. The van der Waals surface area contributed by atoms with Crippen molar-refractivity contribution in [2.45, 2.75) is 19.4 Å². The molecule has 0 bridgehead atoms. The molecule has 0 aliphatic carbocycles. The molecule has 0 fully saturated rings. The van der Waals surface area contributed by atoms with E-state index in [0.29, 0.717) is 35.2 Å². The Kier molecular flexibility index (Phi) is 9.11. The van der Waals surface area contributed by atoms with E-state index in [1.807, 2.05) is 25.1 Å². The maximum atomic E-state index is 13.3. The second-order valence-electron chi connectivity index (χ2n) is 9.71. The average Bonchev–Trinajstić information content (AvgIpc) is 3.03. The molecule has 9 heteroatoms. The summed E-state index contributed by atoms with van der Waals surface area (Å²) in [5, 5.41) is 10.00. The minimum absolute atomic E-state index is 0.0533. The minimum atomic E-state index is -0.577. The summed E-state index contributed by atoms with van der Waals surface area (Å²) in [7, 11) is 1.58. The number of nitriles is 1. The lowest BCUT2D eigenvalue weighted by molar-refractivity contribution is -0.128. The second-order valence-corrected chi connectivity index (χ2v) is 9.71. The van der Waals surface area contributed by atoms with Crippen LogP contribution in [0.4, 0.5) is 4.39 Å². The van der Waals surface area contributed by atoms with Crippen LogP contribution in [0.25, 0.3) is 6.08 Å². The molecule has 1 aliphatic rings. The summed E-state index contributed by atoms with van der Waals surface area (Å²) in [6.45, 7) is 2.45. The monoisotopic (exact) mass is 592 g/mol. The van der Waals surface area contributed by atoms with Crippen molar-refractivity contribution in [1.29, 1.82) is 5.26 Å². The zero-order valence-electron chi connectivity index (χ0n) is 24.1. The number of benzene rings is 4. The molecule has 1 unspecified atom stereocenters. The van der Waals surface area contributed by atoms with Crippen LogP contribution in [0.1, 0.15) is 35.1 Å². The molecule has 0 saturated heterocycles. The molecule has 8 nitrogen and oxygen atoms in total. The number of carbonyl (C=O) groups is 1. The van der Waals surface area contributed by atoms with E-state index in [0.717, 1.165) is 16.7 Å². The Labute approximate surface area is 254 Å². The summed E-state index contributed by atoms with van der Waals surface area (Å²) in [6, 6.07) is 25.8. The van der Waals surface area contributed by atoms with E-state index < -0.39 is 11.9 Å². The summed E-state index contributed by atoms with van der Waals surface area (Å²) >= 11 is 0. The van der Waals surface area contributed by atoms with Crippen molar-refractivity contribution >= 4 is 12.0 Å². The first kappa shape index (κ1) is 29.7. The summed E-state index contributed by atoms with van der Waals surface area (Å²) in [4.78, 5) is 12.5. The SMILES string of the molecule is CCOc1cc(C2C(C#N)=C(N)Oc3cc(OC(=O)/C=C/c4ccc(OC)cc4)ccc32)ccc1OCc1ccc(F)cc1. The number of carbonyl (C=O) groups excluding carboxylic acids is 1. The van der Waals surface area contributed by atoms with Crippen molar-refractivity contribution < 1.29 is 32.9 Å². The molecule has 222 valence electrons. The molecule has 44 heavy (non-hydrogen) atoms. The minimum Gasteiger partial charge on any atom is -0.497 e. The maximum Gasteiger partial charge on any atom is 0.336 e. The number of methoxy groups -OCH3 is 1. The first-order valence-corrected chi connectivity index (χ1v) is 13.8. The fourth-order valence-electron chi connectivity index (χ4n) is 4.71. The predicted octanol–water partition coefficient (Wildman–Crippen LogP) is 6.65. The van der Waals surface area contributed by atoms with E-state index >= 15 is 0 Å². The van der Waals surface area contributed by atoms with E-state index in [-0.39, 0.29) is 29.6 Å². The third-order valence-electron chi connectivity index (χ3n) is 6.85. The molecular formula is C35H29FN2O6. The number of nitrogens with two attached hydrogens (primary N) is 1. The van der Waals surface area contributed by atoms with E-state index in [2.05, 4.69) is 6.07 Å². The normalized spacial score (nSPS) is 13.9. The Morgan fingerprint density at radius 3 is 2.43 bits per heavy atom. The van der Waals surface area contributed by atoms with Crippen LogP contribution in [0, 0.1) is 17.1 Å². The lowest BCUT2D eigenvalue weighted by Crippen LogP contribution is -2.21. The molecular weight excluding hydrogens is 563 g/mol. The summed E-state index contributed by atoms with van der Waals surface area (Å²) in [5.41, 5.74) is 9.40.